The Kier molecular flexibility index (Phi) is 4.98. The fourth-order valence-electron chi connectivity index (χ4n) is 2.60. The number of hydrogen-bond donors (Lipinski definition) is 2. The summed E-state index contributed by atoms with van der Waals surface area (Å²) in [6, 6.07) is 0.184. The zero-order valence-corrected chi connectivity index (χ0v) is 11.9. The van der Waals surface area contributed by atoms with Gasteiger partial charge in [0.15, 0.2) is 9.84 Å². The molecular weight excluding hydrogens is 238 g/mol. The summed E-state index contributed by atoms with van der Waals surface area (Å²) in [4.78, 5) is 0. The van der Waals surface area contributed by atoms with Gasteiger partial charge in [0, 0.05) is 29.9 Å². The van der Waals surface area contributed by atoms with Gasteiger partial charge in [0.1, 0.15) is 0 Å². The Morgan fingerprint density at radius 1 is 1.53 bits per heavy atom. The molecule has 0 aromatic heterocycles. The van der Waals surface area contributed by atoms with Crippen LogP contribution >= 0.6 is 0 Å². The first kappa shape index (κ1) is 14.9. The topological polar surface area (TPSA) is 66.4 Å². The van der Waals surface area contributed by atoms with Gasteiger partial charge in [0.05, 0.1) is 5.75 Å². The SMILES string of the molecule is CCS(=O)(=O)CC(C)NC1CCCC1(C)CO. The second-order valence-electron chi connectivity index (χ2n) is 5.52. The Morgan fingerprint density at radius 2 is 2.18 bits per heavy atom. The number of rotatable bonds is 6. The maximum absolute atomic E-state index is 11.5. The van der Waals surface area contributed by atoms with Gasteiger partial charge in [0.2, 0.25) is 0 Å². The molecule has 3 unspecified atom stereocenters. The molecule has 17 heavy (non-hydrogen) atoms. The molecule has 0 aliphatic heterocycles. The molecule has 2 N–H and O–H groups in total. The van der Waals surface area contributed by atoms with E-state index in [1.807, 2.05) is 6.92 Å². The third kappa shape index (κ3) is 3.93. The van der Waals surface area contributed by atoms with E-state index in [1.54, 1.807) is 6.92 Å². The van der Waals surface area contributed by atoms with Crippen LogP contribution in [0.15, 0.2) is 0 Å². The van der Waals surface area contributed by atoms with E-state index in [4.69, 9.17) is 0 Å². The Balaban J connectivity index is 2.54. The fraction of sp³-hybridized carbons (Fsp3) is 1.00. The number of nitrogens with one attached hydrogen (secondary N) is 1. The summed E-state index contributed by atoms with van der Waals surface area (Å²) in [5.74, 6) is 0.377. The maximum Gasteiger partial charge on any atom is 0.151 e. The lowest BCUT2D eigenvalue weighted by Crippen LogP contribution is -2.47. The molecule has 1 aliphatic carbocycles. The molecular formula is C12H25NO3S. The average molecular weight is 263 g/mol. The van der Waals surface area contributed by atoms with Crippen LogP contribution in [0.5, 0.6) is 0 Å². The van der Waals surface area contributed by atoms with Gasteiger partial charge in [-0.25, -0.2) is 8.42 Å². The van der Waals surface area contributed by atoms with Crippen molar-refractivity contribution in [2.75, 3.05) is 18.1 Å². The van der Waals surface area contributed by atoms with Crippen LogP contribution in [0.25, 0.3) is 0 Å². The molecule has 0 spiro atoms. The van der Waals surface area contributed by atoms with Crippen LogP contribution in [-0.4, -0.2) is 43.7 Å². The highest BCUT2D eigenvalue weighted by atomic mass is 32.2. The third-order valence-electron chi connectivity index (χ3n) is 3.87. The predicted octanol–water partition coefficient (Wildman–Crippen LogP) is 0.950. The largest absolute Gasteiger partial charge is 0.396 e. The zero-order valence-electron chi connectivity index (χ0n) is 11.1. The first-order valence-electron chi connectivity index (χ1n) is 6.40. The van der Waals surface area contributed by atoms with Crippen LogP contribution in [0.3, 0.4) is 0 Å². The molecule has 4 nitrogen and oxygen atoms in total. The molecule has 0 bridgehead atoms. The molecule has 102 valence electrons. The van der Waals surface area contributed by atoms with Crippen LogP contribution in [0.2, 0.25) is 0 Å². The van der Waals surface area contributed by atoms with Crippen LogP contribution in [0.4, 0.5) is 0 Å². The lowest BCUT2D eigenvalue weighted by Gasteiger charge is -2.32. The molecule has 1 rings (SSSR count). The average Bonchev–Trinajstić information content (AvgIpc) is 2.60. The summed E-state index contributed by atoms with van der Waals surface area (Å²) in [5.41, 5.74) is -0.0930. The summed E-state index contributed by atoms with van der Waals surface area (Å²) in [6.07, 6.45) is 3.13. The minimum atomic E-state index is -2.93. The van der Waals surface area contributed by atoms with Crippen LogP contribution in [-0.2, 0) is 9.84 Å². The van der Waals surface area contributed by atoms with Crippen molar-refractivity contribution in [1.29, 1.82) is 0 Å². The summed E-state index contributed by atoms with van der Waals surface area (Å²) >= 11 is 0. The van der Waals surface area contributed by atoms with E-state index in [1.165, 1.54) is 0 Å². The van der Waals surface area contributed by atoms with Crippen molar-refractivity contribution in [1.82, 2.24) is 5.32 Å². The normalized spacial score (nSPS) is 31.6. The molecule has 0 saturated heterocycles. The summed E-state index contributed by atoms with van der Waals surface area (Å²) in [7, 11) is -2.93. The van der Waals surface area contributed by atoms with Crippen molar-refractivity contribution in [2.45, 2.75) is 52.1 Å². The molecule has 0 heterocycles. The molecule has 1 aliphatic rings. The molecule has 1 fully saturated rings. The molecule has 3 atom stereocenters. The van der Waals surface area contributed by atoms with Gasteiger partial charge in [-0.2, -0.15) is 0 Å². The molecule has 0 amide bonds. The van der Waals surface area contributed by atoms with E-state index in [-0.39, 0.29) is 35.6 Å². The Morgan fingerprint density at radius 3 is 2.71 bits per heavy atom. The molecule has 0 aromatic carbocycles. The zero-order chi connectivity index (χ0) is 13.1. The van der Waals surface area contributed by atoms with Crippen LogP contribution < -0.4 is 5.32 Å². The number of sulfone groups is 1. The van der Waals surface area contributed by atoms with Gasteiger partial charge in [0.25, 0.3) is 0 Å². The molecule has 0 radical (unpaired) electrons. The quantitative estimate of drug-likeness (QED) is 0.749. The lowest BCUT2D eigenvalue weighted by molar-refractivity contribution is 0.115. The Bertz CT molecular complexity index is 342. The van der Waals surface area contributed by atoms with Crippen molar-refractivity contribution in [2.24, 2.45) is 5.41 Å². The lowest BCUT2D eigenvalue weighted by atomic mass is 9.85. The van der Waals surface area contributed by atoms with Crippen molar-refractivity contribution in [3.63, 3.8) is 0 Å². The van der Waals surface area contributed by atoms with Crippen LogP contribution in [0.1, 0.15) is 40.0 Å². The van der Waals surface area contributed by atoms with Crippen molar-refractivity contribution in [3.8, 4) is 0 Å². The number of aliphatic hydroxyl groups is 1. The van der Waals surface area contributed by atoms with Gasteiger partial charge in [-0.15, -0.1) is 0 Å². The smallest absolute Gasteiger partial charge is 0.151 e. The summed E-state index contributed by atoms with van der Waals surface area (Å²) in [5, 5.41) is 12.8. The van der Waals surface area contributed by atoms with E-state index in [0.717, 1.165) is 19.3 Å². The van der Waals surface area contributed by atoms with E-state index in [9.17, 15) is 13.5 Å². The van der Waals surface area contributed by atoms with Gasteiger partial charge in [-0.05, 0) is 19.8 Å². The van der Waals surface area contributed by atoms with E-state index in [2.05, 4.69) is 12.2 Å². The monoisotopic (exact) mass is 263 g/mol. The first-order valence-corrected chi connectivity index (χ1v) is 8.22. The van der Waals surface area contributed by atoms with Crippen molar-refractivity contribution < 1.29 is 13.5 Å². The number of aliphatic hydroxyl groups excluding tert-OH is 1. The fourth-order valence-corrected chi connectivity index (χ4v) is 3.69. The van der Waals surface area contributed by atoms with Gasteiger partial charge in [-0.3, -0.25) is 0 Å². The van der Waals surface area contributed by atoms with Crippen molar-refractivity contribution in [3.05, 3.63) is 0 Å². The Labute approximate surface area is 105 Å². The van der Waals surface area contributed by atoms with Gasteiger partial charge in [-0.1, -0.05) is 20.3 Å². The second-order valence-corrected chi connectivity index (χ2v) is 7.92. The molecule has 5 heteroatoms. The third-order valence-corrected chi connectivity index (χ3v) is 5.76. The Hall–Kier alpha value is -0.130. The first-order chi connectivity index (χ1) is 7.83. The van der Waals surface area contributed by atoms with E-state index < -0.39 is 9.84 Å². The van der Waals surface area contributed by atoms with Crippen LogP contribution in [0, 0.1) is 5.41 Å². The maximum atomic E-state index is 11.5. The highest BCUT2D eigenvalue weighted by Crippen LogP contribution is 2.37. The van der Waals surface area contributed by atoms with E-state index in [0.29, 0.717) is 0 Å². The van der Waals surface area contributed by atoms with Gasteiger partial charge < -0.3 is 10.4 Å². The van der Waals surface area contributed by atoms with E-state index >= 15 is 0 Å². The summed E-state index contributed by atoms with van der Waals surface area (Å²) in [6.45, 7) is 5.81. The highest BCUT2D eigenvalue weighted by molar-refractivity contribution is 7.91. The number of hydrogen-bond acceptors (Lipinski definition) is 4. The second kappa shape index (κ2) is 5.67. The highest BCUT2D eigenvalue weighted by Gasteiger charge is 2.38. The van der Waals surface area contributed by atoms with Crippen molar-refractivity contribution >= 4 is 9.84 Å². The minimum absolute atomic E-state index is 0.0473. The van der Waals surface area contributed by atoms with Gasteiger partial charge >= 0.3 is 0 Å². The standard InChI is InChI=1S/C12H25NO3S/c1-4-17(15,16)8-10(2)13-11-6-5-7-12(11,3)9-14/h10-11,13-14H,4-9H2,1-3H3. The summed E-state index contributed by atoms with van der Waals surface area (Å²) < 4.78 is 23.1. The predicted molar refractivity (Wildman–Crippen MR) is 69.8 cm³/mol. The molecule has 1 saturated carbocycles. The minimum Gasteiger partial charge on any atom is -0.396 e. The molecule has 0 aromatic rings.